The second-order valence-electron chi connectivity index (χ2n) is 18.0. The predicted molar refractivity (Wildman–Crippen MR) is 179 cm³/mol. The molecule has 0 radical (unpaired) electrons. The van der Waals surface area contributed by atoms with E-state index >= 15 is 0 Å². The summed E-state index contributed by atoms with van der Waals surface area (Å²) in [6.07, 6.45) is 12.9. The average molecular weight is 618 g/mol. The highest BCUT2D eigenvalue weighted by molar-refractivity contribution is 5.89. The van der Waals surface area contributed by atoms with Crippen LogP contribution in [0.15, 0.2) is 42.0 Å². The molecule has 0 aliphatic heterocycles. The van der Waals surface area contributed by atoms with Gasteiger partial charge in [-0.05, 0) is 115 Å². The number of carbonyl (C=O) groups is 2. The van der Waals surface area contributed by atoms with E-state index in [1.165, 1.54) is 25.5 Å². The summed E-state index contributed by atoms with van der Waals surface area (Å²) in [5, 5.41) is 14.3. The third-order valence-corrected chi connectivity index (χ3v) is 15.1. The molecule has 4 fully saturated rings. The summed E-state index contributed by atoms with van der Waals surface area (Å²) in [5.74, 6) is 0.921. The van der Waals surface area contributed by atoms with Crippen molar-refractivity contribution in [3.8, 4) is 0 Å². The second-order valence-corrected chi connectivity index (χ2v) is 18.0. The standard InChI is InChI=1S/C40H59NO4/c1-35(2)20-22-40(34(44)41-29(33(43)45-8)24-26-12-10-9-11-13-26)23-21-38(6)27(28(40)25-35)14-15-31-37(5)18-17-32(42)36(3,4)30(37)16-19-39(31,38)7/h9-14,28-32,42H,15-25H2,1-8H3,(H,41,44)/t28-,29-,30-,31+,32-,37-,38+,39+,40-/m0/s1. The molecule has 5 aliphatic carbocycles. The van der Waals surface area contributed by atoms with Crippen molar-refractivity contribution < 1.29 is 19.4 Å². The van der Waals surface area contributed by atoms with Crippen LogP contribution in [-0.2, 0) is 20.7 Å². The number of aliphatic hydroxyl groups excluding tert-OH is 1. The van der Waals surface area contributed by atoms with Crippen LogP contribution >= 0.6 is 0 Å². The quantitative estimate of drug-likeness (QED) is 0.259. The van der Waals surface area contributed by atoms with Gasteiger partial charge in [-0.1, -0.05) is 90.4 Å². The number of amides is 1. The molecule has 0 bridgehead atoms. The van der Waals surface area contributed by atoms with E-state index < -0.39 is 11.5 Å². The van der Waals surface area contributed by atoms with Crippen LogP contribution in [0.25, 0.3) is 0 Å². The molecule has 5 aliphatic rings. The molecule has 0 aromatic heterocycles. The Morgan fingerprint density at radius 3 is 2.29 bits per heavy atom. The van der Waals surface area contributed by atoms with Crippen molar-refractivity contribution >= 4 is 11.9 Å². The lowest BCUT2D eigenvalue weighted by Crippen LogP contribution is -2.65. The van der Waals surface area contributed by atoms with Crippen molar-refractivity contribution in [2.75, 3.05) is 7.11 Å². The predicted octanol–water partition coefficient (Wildman–Crippen LogP) is 8.05. The van der Waals surface area contributed by atoms with Gasteiger partial charge in [-0.2, -0.15) is 0 Å². The van der Waals surface area contributed by atoms with Gasteiger partial charge in [0.15, 0.2) is 0 Å². The van der Waals surface area contributed by atoms with Crippen LogP contribution in [-0.4, -0.2) is 36.2 Å². The second kappa shape index (κ2) is 11.0. The molecule has 0 spiro atoms. The number of hydrogen-bond donors (Lipinski definition) is 2. The van der Waals surface area contributed by atoms with Gasteiger partial charge in [0.25, 0.3) is 0 Å². The third kappa shape index (κ3) is 4.87. The van der Waals surface area contributed by atoms with Crippen molar-refractivity contribution in [3.05, 3.63) is 47.5 Å². The minimum atomic E-state index is -0.703. The molecule has 248 valence electrons. The lowest BCUT2D eigenvalue weighted by Gasteiger charge is -2.71. The molecule has 1 amide bonds. The Bertz CT molecular complexity index is 1350. The molecule has 5 heteroatoms. The van der Waals surface area contributed by atoms with Gasteiger partial charge in [0, 0.05) is 6.42 Å². The van der Waals surface area contributed by atoms with Crippen molar-refractivity contribution in [1.29, 1.82) is 0 Å². The lowest BCUT2D eigenvalue weighted by atomic mass is 9.33. The topological polar surface area (TPSA) is 75.6 Å². The minimum Gasteiger partial charge on any atom is -0.467 e. The summed E-state index contributed by atoms with van der Waals surface area (Å²) >= 11 is 0. The largest absolute Gasteiger partial charge is 0.467 e. The normalized spacial score (nSPS) is 42.0. The van der Waals surface area contributed by atoms with Gasteiger partial charge in [-0.3, -0.25) is 4.79 Å². The number of esters is 1. The number of ether oxygens (including phenoxy) is 1. The maximum absolute atomic E-state index is 14.7. The highest BCUT2D eigenvalue weighted by Gasteiger charge is 2.69. The van der Waals surface area contributed by atoms with Gasteiger partial charge >= 0.3 is 5.97 Å². The highest BCUT2D eigenvalue weighted by Crippen LogP contribution is 2.75. The Labute approximate surface area is 272 Å². The van der Waals surface area contributed by atoms with Crippen molar-refractivity contribution in [2.45, 2.75) is 131 Å². The number of aliphatic hydroxyl groups is 1. The summed E-state index contributed by atoms with van der Waals surface area (Å²) < 4.78 is 5.21. The van der Waals surface area contributed by atoms with Gasteiger partial charge in [0.1, 0.15) is 6.04 Å². The average Bonchev–Trinajstić information content (AvgIpc) is 2.99. The van der Waals surface area contributed by atoms with E-state index in [1.54, 1.807) is 0 Å². The molecular formula is C40H59NO4. The summed E-state index contributed by atoms with van der Waals surface area (Å²) in [5.41, 5.74) is 2.50. The van der Waals surface area contributed by atoms with Gasteiger partial charge in [0.05, 0.1) is 18.6 Å². The molecule has 4 saturated carbocycles. The van der Waals surface area contributed by atoms with Crippen LogP contribution < -0.4 is 5.32 Å². The smallest absolute Gasteiger partial charge is 0.328 e. The number of nitrogens with one attached hydrogen (secondary N) is 1. The molecule has 0 unspecified atom stereocenters. The number of methoxy groups -OCH3 is 1. The zero-order valence-corrected chi connectivity index (χ0v) is 29.3. The van der Waals surface area contributed by atoms with E-state index in [4.69, 9.17) is 4.74 Å². The van der Waals surface area contributed by atoms with Crippen molar-refractivity contribution in [3.63, 3.8) is 0 Å². The molecular weight excluding hydrogens is 558 g/mol. The fraction of sp³-hybridized carbons (Fsp3) is 0.750. The van der Waals surface area contributed by atoms with Gasteiger partial charge in [0.2, 0.25) is 5.91 Å². The number of allylic oxidation sites excluding steroid dienone is 2. The zero-order valence-electron chi connectivity index (χ0n) is 29.3. The van der Waals surface area contributed by atoms with E-state index in [0.717, 1.165) is 56.9 Å². The van der Waals surface area contributed by atoms with Gasteiger partial charge in [-0.15, -0.1) is 0 Å². The molecule has 5 nitrogen and oxygen atoms in total. The summed E-state index contributed by atoms with van der Waals surface area (Å²) in [7, 11) is 1.41. The highest BCUT2D eigenvalue weighted by atomic mass is 16.5. The number of fused-ring (bicyclic) bond motifs is 7. The lowest BCUT2D eigenvalue weighted by molar-refractivity contribution is -0.203. The molecule has 0 heterocycles. The molecule has 1 aromatic carbocycles. The van der Waals surface area contributed by atoms with E-state index in [9.17, 15) is 14.7 Å². The van der Waals surface area contributed by atoms with Crippen LogP contribution in [0.1, 0.15) is 118 Å². The Balaban J connectivity index is 1.36. The molecule has 6 rings (SSSR count). The minimum absolute atomic E-state index is 0.0256. The molecule has 45 heavy (non-hydrogen) atoms. The fourth-order valence-corrected chi connectivity index (χ4v) is 12.1. The first kappa shape index (κ1) is 32.8. The first-order chi connectivity index (χ1) is 21.0. The first-order valence-electron chi connectivity index (χ1n) is 17.9. The zero-order chi connectivity index (χ0) is 32.6. The van der Waals surface area contributed by atoms with E-state index in [2.05, 4.69) is 59.9 Å². The summed E-state index contributed by atoms with van der Waals surface area (Å²) in [6.45, 7) is 17.1. The monoisotopic (exact) mass is 617 g/mol. The van der Waals surface area contributed by atoms with Crippen LogP contribution in [0, 0.1) is 50.2 Å². The Morgan fingerprint density at radius 1 is 0.911 bits per heavy atom. The molecule has 1 aromatic rings. The number of hydrogen-bond acceptors (Lipinski definition) is 4. The third-order valence-electron chi connectivity index (χ3n) is 15.1. The first-order valence-corrected chi connectivity index (χ1v) is 17.9. The van der Waals surface area contributed by atoms with Crippen LogP contribution in [0.3, 0.4) is 0 Å². The van der Waals surface area contributed by atoms with Crippen LogP contribution in [0.5, 0.6) is 0 Å². The molecule has 2 N–H and O–H groups in total. The number of benzene rings is 1. The van der Waals surface area contributed by atoms with E-state index in [0.29, 0.717) is 18.3 Å². The Hall–Kier alpha value is -2.14. The van der Waals surface area contributed by atoms with Crippen molar-refractivity contribution in [2.24, 2.45) is 50.2 Å². The summed E-state index contributed by atoms with van der Waals surface area (Å²) in [4.78, 5) is 27.7. The van der Waals surface area contributed by atoms with Gasteiger partial charge in [-0.25, -0.2) is 4.79 Å². The Morgan fingerprint density at radius 2 is 1.60 bits per heavy atom. The maximum Gasteiger partial charge on any atom is 0.328 e. The molecule has 9 atom stereocenters. The van der Waals surface area contributed by atoms with E-state index in [1.807, 2.05) is 30.3 Å². The van der Waals surface area contributed by atoms with E-state index in [-0.39, 0.29) is 51.0 Å². The Kier molecular flexibility index (Phi) is 7.98. The maximum atomic E-state index is 14.7. The SMILES string of the molecule is COC(=O)[C@H](Cc1ccccc1)NC(=O)[C@]12CCC(C)(C)C[C@H]1C1=CC[C@@H]3[C@@]4(C)CC[C@H](O)C(C)(C)[C@@H]4CC[C@@]3(C)[C@]1(C)CC2. The van der Waals surface area contributed by atoms with Crippen molar-refractivity contribution in [1.82, 2.24) is 5.32 Å². The van der Waals surface area contributed by atoms with Crippen LogP contribution in [0.4, 0.5) is 0 Å². The van der Waals surface area contributed by atoms with Gasteiger partial charge < -0.3 is 15.2 Å². The summed E-state index contributed by atoms with van der Waals surface area (Å²) in [6, 6.07) is 9.22. The van der Waals surface area contributed by atoms with Crippen LogP contribution in [0.2, 0.25) is 0 Å². The fourth-order valence-electron chi connectivity index (χ4n) is 12.1. The molecule has 0 saturated heterocycles. The number of carbonyl (C=O) groups excluding carboxylic acids is 2. The number of rotatable bonds is 5.